The van der Waals surface area contributed by atoms with Crippen molar-refractivity contribution in [3.63, 3.8) is 0 Å². The average Bonchev–Trinajstić information content (AvgIpc) is 3.21. The van der Waals surface area contributed by atoms with Crippen LogP contribution in [0, 0.1) is 0 Å². The van der Waals surface area contributed by atoms with Crippen LogP contribution in [0.4, 0.5) is 0 Å². The predicted octanol–water partition coefficient (Wildman–Crippen LogP) is 3.91. The second kappa shape index (κ2) is 8.74. The zero-order chi connectivity index (χ0) is 20.0. The van der Waals surface area contributed by atoms with Gasteiger partial charge in [-0.15, -0.1) is 0 Å². The van der Waals surface area contributed by atoms with Gasteiger partial charge in [-0.2, -0.15) is 5.10 Å². The van der Waals surface area contributed by atoms with Crippen molar-refractivity contribution in [2.24, 2.45) is 0 Å². The lowest BCUT2D eigenvalue weighted by Gasteiger charge is -2.19. The van der Waals surface area contributed by atoms with Gasteiger partial charge in [0.1, 0.15) is 5.75 Å². The number of benzene rings is 2. The summed E-state index contributed by atoms with van der Waals surface area (Å²) in [5, 5.41) is 7.11. The van der Waals surface area contributed by atoms with Crippen molar-refractivity contribution in [1.82, 2.24) is 15.1 Å². The number of ether oxygens (including phenoxy) is 1. The van der Waals surface area contributed by atoms with E-state index in [4.69, 9.17) is 4.74 Å². The average molecular weight is 377 g/mol. The number of hydrogen-bond acceptors (Lipinski definition) is 3. The Kier molecular flexibility index (Phi) is 6.14. The van der Waals surface area contributed by atoms with E-state index >= 15 is 0 Å². The van der Waals surface area contributed by atoms with Crippen molar-refractivity contribution in [3.05, 3.63) is 78.1 Å². The molecule has 28 heavy (non-hydrogen) atoms. The van der Waals surface area contributed by atoms with Crippen molar-refractivity contribution in [3.8, 4) is 11.4 Å². The summed E-state index contributed by atoms with van der Waals surface area (Å²) in [6.45, 7) is 7.10. The van der Waals surface area contributed by atoms with Crippen LogP contribution in [-0.4, -0.2) is 28.8 Å². The smallest absolute Gasteiger partial charge is 0.257 e. The van der Waals surface area contributed by atoms with Gasteiger partial charge < -0.3 is 10.1 Å². The number of nitrogens with one attached hydrogen (secondary N) is 1. The Morgan fingerprint density at radius 3 is 2.39 bits per heavy atom. The Labute approximate surface area is 166 Å². The lowest BCUT2D eigenvalue weighted by Crippen LogP contribution is -2.30. The maximum atomic E-state index is 12.0. The Morgan fingerprint density at radius 2 is 1.79 bits per heavy atom. The summed E-state index contributed by atoms with van der Waals surface area (Å²) >= 11 is 0. The maximum Gasteiger partial charge on any atom is 0.257 e. The van der Waals surface area contributed by atoms with E-state index in [-0.39, 0.29) is 17.9 Å². The second-order valence-electron chi connectivity index (χ2n) is 7.78. The molecule has 0 aliphatic rings. The molecule has 1 heterocycles. The molecule has 0 spiro atoms. The highest BCUT2D eigenvalue weighted by molar-refractivity contribution is 5.77. The molecule has 0 bridgehead atoms. The zero-order valence-electron chi connectivity index (χ0n) is 16.7. The molecule has 1 N–H and O–H groups in total. The Hall–Kier alpha value is -3.08. The van der Waals surface area contributed by atoms with Gasteiger partial charge in [0.2, 0.25) is 0 Å². The van der Waals surface area contributed by atoms with E-state index in [1.165, 1.54) is 5.56 Å². The van der Waals surface area contributed by atoms with Gasteiger partial charge in [-0.3, -0.25) is 4.79 Å². The first-order valence-corrected chi connectivity index (χ1v) is 9.51. The molecule has 5 nitrogen and oxygen atoms in total. The molecular weight excluding hydrogens is 350 g/mol. The van der Waals surface area contributed by atoms with Crippen molar-refractivity contribution in [1.29, 1.82) is 0 Å². The van der Waals surface area contributed by atoms with E-state index < -0.39 is 0 Å². The van der Waals surface area contributed by atoms with Gasteiger partial charge >= 0.3 is 0 Å². The number of carbonyl (C=O) groups excluding carboxylic acids is 1. The zero-order valence-corrected chi connectivity index (χ0v) is 16.7. The summed E-state index contributed by atoms with van der Waals surface area (Å²) in [5.41, 5.74) is 3.52. The Morgan fingerprint density at radius 1 is 1.07 bits per heavy atom. The molecule has 0 aliphatic carbocycles. The summed E-state index contributed by atoms with van der Waals surface area (Å²) in [6.07, 6.45) is 4.43. The van der Waals surface area contributed by atoms with Crippen LogP contribution >= 0.6 is 0 Å². The number of aromatic nitrogens is 2. The highest BCUT2D eigenvalue weighted by Crippen LogP contribution is 2.24. The van der Waals surface area contributed by atoms with Gasteiger partial charge in [-0.1, -0.05) is 45.0 Å². The first kappa shape index (κ1) is 19.7. The normalized spacial score (nSPS) is 11.2. The molecule has 0 aliphatic heterocycles. The highest BCUT2D eigenvalue weighted by atomic mass is 16.5. The van der Waals surface area contributed by atoms with Crippen molar-refractivity contribution in [2.45, 2.75) is 32.6 Å². The highest BCUT2D eigenvalue weighted by Gasteiger charge is 2.13. The van der Waals surface area contributed by atoms with Crippen molar-refractivity contribution in [2.75, 3.05) is 13.2 Å². The minimum atomic E-state index is -0.118. The summed E-state index contributed by atoms with van der Waals surface area (Å²) < 4.78 is 7.39. The van der Waals surface area contributed by atoms with Crippen molar-refractivity contribution < 1.29 is 9.53 Å². The van der Waals surface area contributed by atoms with Crippen LogP contribution < -0.4 is 10.1 Å². The molecule has 1 aromatic heterocycles. The first-order valence-electron chi connectivity index (χ1n) is 9.51. The van der Waals surface area contributed by atoms with Gasteiger partial charge in [0, 0.05) is 18.9 Å². The molecule has 0 fully saturated rings. The molecule has 0 unspecified atom stereocenters. The molecule has 0 saturated heterocycles. The summed E-state index contributed by atoms with van der Waals surface area (Å²) in [6, 6.07) is 17.9. The van der Waals surface area contributed by atoms with E-state index in [2.05, 4.69) is 43.3 Å². The maximum absolute atomic E-state index is 12.0. The van der Waals surface area contributed by atoms with Gasteiger partial charge in [0.25, 0.3) is 5.91 Å². The van der Waals surface area contributed by atoms with Crippen LogP contribution in [0.5, 0.6) is 5.75 Å². The third-order valence-corrected chi connectivity index (χ3v) is 4.53. The van der Waals surface area contributed by atoms with E-state index in [1.807, 2.05) is 53.3 Å². The number of amides is 1. The topological polar surface area (TPSA) is 56.1 Å². The van der Waals surface area contributed by atoms with E-state index in [0.29, 0.717) is 12.3 Å². The third-order valence-electron chi connectivity index (χ3n) is 4.53. The van der Waals surface area contributed by atoms with Gasteiger partial charge in [-0.05, 0) is 53.3 Å². The Bertz CT molecular complexity index is 877. The molecular formula is C23H27N3O2. The van der Waals surface area contributed by atoms with E-state index in [9.17, 15) is 4.79 Å². The second-order valence-corrected chi connectivity index (χ2v) is 7.78. The van der Waals surface area contributed by atoms with Crippen LogP contribution in [-0.2, 0) is 16.6 Å². The van der Waals surface area contributed by atoms with Gasteiger partial charge in [0.15, 0.2) is 6.61 Å². The molecule has 146 valence electrons. The van der Waals surface area contributed by atoms with Crippen molar-refractivity contribution >= 4 is 5.91 Å². The van der Waals surface area contributed by atoms with Crippen LogP contribution in [0.1, 0.15) is 31.9 Å². The number of nitrogens with zero attached hydrogens (tertiary/aromatic N) is 2. The Balaban J connectivity index is 1.40. The molecule has 3 aromatic rings. The number of carbonyl (C=O) groups is 1. The van der Waals surface area contributed by atoms with Gasteiger partial charge in [0.05, 0.1) is 5.69 Å². The minimum absolute atomic E-state index is 0.0209. The molecule has 0 radical (unpaired) electrons. The van der Waals surface area contributed by atoms with Gasteiger partial charge in [-0.25, -0.2) is 4.68 Å². The number of hydrogen-bond donors (Lipinski definition) is 1. The SMILES string of the molecule is CC(C)(C)c1ccc(OCC(=O)NCCc2ccc(-n3cccn3)cc2)cc1. The molecule has 5 heteroatoms. The van der Waals surface area contributed by atoms with E-state index in [0.717, 1.165) is 17.7 Å². The molecule has 0 atom stereocenters. The summed E-state index contributed by atoms with van der Waals surface area (Å²) in [7, 11) is 0. The molecule has 1 amide bonds. The standard InChI is InChI=1S/C23H27N3O2/c1-23(2,3)19-7-11-21(12-8-19)28-17-22(27)24-15-13-18-5-9-20(10-6-18)26-16-4-14-25-26/h4-12,14,16H,13,15,17H2,1-3H3,(H,24,27). The first-order chi connectivity index (χ1) is 13.4. The van der Waals surface area contributed by atoms with Crippen LogP contribution in [0.2, 0.25) is 0 Å². The monoisotopic (exact) mass is 377 g/mol. The molecule has 0 saturated carbocycles. The number of rotatable bonds is 7. The summed E-state index contributed by atoms with van der Waals surface area (Å²) in [4.78, 5) is 12.0. The van der Waals surface area contributed by atoms with Crippen LogP contribution in [0.25, 0.3) is 5.69 Å². The third kappa shape index (κ3) is 5.46. The lowest BCUT2D eigenvalue weighted by atomic mass is 9.87. The van der Waals surface area contributed by atoms with Crippen LogP contribution in [0.15, 0.2) is 67.0 Å². The molecule has 3 rings (SSSR count). The van der Waals surface area contributed by atoms with Crippen LogP contribution in [0.3, 0.4) is 0 Å². The minimum Gasteiger partial charge on any atom is -0.484 e. The largest absolute Gasteiger partial charge is 0.484 e. The fraction of sp³-hybridized carbons (Fsp3) is 0.304. The van der Waals surface area contributed by atoms with E-state index in [1.54, 1.807) is 6.20 Å². The fourth-order valence-corrected chi connectivity index (χ4v) is 2.83. The quantitative estimate of drug-likeness (QED) is 0.679. The lowest BCUT2D eigenvalue weighted by molar-refractivity contribution is -0.123. The summed E-state index contributed by atoms with van der Waals surface area (Å²) in [5.74, 6) is 0.588. The molecule has 2 aromatic carbocycles. The predicted molar refractivity (Wildman–Crippen MR) is 111 cm³/mol. The fourth-order valence-electron chi connectivity index (χ4n) is 2.83.